The zero-order chi connectivity index (χ0) is 17.6. The van der Waals surface area contributed by atoms with Gasteiger partial charge in [-0.05, 0) is 31.2 Å². The molecule has 0 atom stereocenters. The van der Waals surface area contributed by atoms with Crippen LogP contribution in [-0.2, 0) is 13.1 Å². The highest BCUT2D eigenvalue weighted by Crippen LogP contribution is 2.09. The summed E-state index contributed by atoms with van der Waals surface area (Å²) < 4.78 is 18.8. The van der Waals surface area contributed by atoms with Crippen molar-refractivity contribution < 1.29 is 13.6 Å². The largest absolute Gasteiger partial charge is 0.467 e. The second-order valence-corrected chi connectivity index (χ2v) is 5.43. The molecule has 0 radical (unpaired) electrons. The van der Waals surface area contributed by atoms with E-state index in [1.54, 1.807) is 43.5 Å². The molecule has 0 bridgehead atoms. The number of hydrogen-bond donors (Lipinski definition) is 2. The third-order valence-corrected chi connectivity index (χ3v) is 3.48. The Morgan fingerprint density at radius 3 is 2.76 bits per heavy atom. The Hall–Kier alpha value is -3.22. The zero-order valence-corrected chi connectivity index (χ0v) is 13.6. The summed E-state index contributed by atoms with van der Waals surface area (Å²) in [7, 11) is 0. The minimum absolute atomic E-state index is 0.0870. The fourth-order valence-corrected chi connectivity index (χ4v) is 2.25. The lowest BCUT2D eigenvalue weighted by molar-refractivity contribution is 0.0945. The number of amides is 1. The minimum Gasteiger partial charge on any atom is -0.467 e. The van der Waals surface area contributed by atoms with Crippen molar-refractivity contribution in [3.8, 4) is 0 Å². The van der Waals surface area contributed by atoms with Crippen molar-refractivity contribution in [2.75, 3.05) is 5.32 Å². The Morgan fingerprint density at radius 2 is 2.00 bits per heavy atom. The van der Waals surface area contributed by atoms with Gasteiger partial charge in [0.25, 0.3) is 5.91 Å². The predicted octanol–water partition coefficient (Wildman–Crippen LogP) is 3.06. The van der Waals surface area contributed by atoms with Gasteiger partial charge in [-0.1, -0.05) is 18.2 Å². The van der Waals surface area contributed by atoms with Crippen LogP contribution in [0.5, 0.6) is 0 Å². The summed E-state index contributed by atoms with van der Waals surface area (Å²) in [6, 6.07) is 11.5. The average molecular weight is 340 g/mol. The van der Waals surface area contributed by atoms with Gasteiger partial charge in [0.15, 0.2) is 0 Å². The number of rotatable bonds is 6. The van der Waals surface area contributed by atoms with Crippen molar-refractivity contribution in [2.24, 2.45) is 0 Å². The maximum Gasteiger partial charge on any atom is 0.270 e. The molecule has 128 valence electrons. The molecule has 25 heavy (non-hydrogen) atoms. The molecule has 7 heteroatoms. The number of carbonyl (C=O) groups is 1. The van der Waals surface area contributed by atoms with Gasteiger partial charge in [0.05, 0.1) is 12.8 Å². The van der Waals surface area contributed by atoms with E-state index in [1.165, 1.54) is 6.07 Å². The van der Waals surface area contributed by atoms with Crippen molar-refractivity contribution in [2.45, 2.75) is 20.0 Å². The molecule has 2 heterocycles. The SMILES string of the molecule is Cc1cc(C(=O)NCc2ccccc2F)nc(NCc2ccco2)n1. The van der Waals surface area contributed by atoms with Crippen molar-refractivity contribution in [3.05, 3.63) is 77.3 Å². The Bertz CT molecular complexity index is 865. The van der Waals surface area contributed by atoms with E-state index < -0.39 is 5.91 Å². The maximum atomic E-state index is 13.6. The fourth-order valence-electron chi connectivity index (χ4n) is 2.25. The van der Waals surface area contributed by atoms with E-state index in [0.29, 0.717) is 23.8 Å². The molecule has 3 rings (SSSR count). The molecular formula is C18H17FN4O2. The van der Waals surface area contributed by atoms with Crippen LogP contribution in [0.15, 0.2) is 53.1 Å². The number of benzene rings is 1. The van der Waals surface area contributed by atoms with Gasteiger partial charge >= 0.3 is 0 Å². The molecule has 0 aliphatic rings. The Kier molecular flexibility index (Phi) is 5.03. The Balaban J connectivity index is 1.66. The molecule has 3 aromatic rings. The minimum atomic E-state index is -0.394. The third-order valence-electron chi connectivity index (χ3n) is 3.48. The van der Waals surface area contributed by atoms with E-state index in [2.05, 4.69) is 20.6 Å². The van der Waals surface area contributed by atoms with Crippen LogP contribution >= 0.6 is 0 Å². The molecule has 0 fully saturated rings. The van der Waals surface area contributed by atoms with Crippen LogP contribution in [0.25, 0.3) is 0 Å². The van der Waals surface area contributed by atoms with Crippen LogP contribution in [0.4, 0.5) is 10.3 Å². The zero-order valence-electron chi connectivity index (χ0n) is 13.6. The van der Waals surface area contributed by atoms with Crippen LogP contribution in [0, 0.1) is 12.7 Å². The van der Waals surface area contributed by atoms with Crippen LogP contribution in [0.1, 0.15) is 27.5 Å². The molecule has 6 nitrogen and oxygen atoms in total. The second kappa shape index (κ2) is 7.57. The number of hydrogen-bond acceptors (Lipinski definition) is 5. The molecule has 0 aliphatic heterocycles. The average Bonchev–Trinajstić information content (AvgIpc) is 3.12. The topological polar surface area (TPSA) is 80.0 Å². The first-order valence-electron chi connectivity index (χ1n) is 7.75. The lowest BCUT2D eigenvalue weighted by atomic mass is 10.2. The molecule has 2 N–H and O–H groups in total. The number of nitrogens with zero attached hydrogens (tertiary/aromatic N) is 2. The number of nitrogens with one attached hydrogen (secondary N) is 2. The molecular weight excluding hydrogens is 323 g/mol. The molecule has 1 aromatic carbocycles. The van der Waals surface area contributed by atoms with Crippen LogP contribution in [-0.4, -0.2) is 15.9 Å². The Morgan fingerprint density at radius 1 is 1.16 bits per heavy atom. The number of halogens is 1. The first kappa shape index (κ1) is 16.6. The van der Waals surface area contributed by atoms with Gasteiger partial charge in [0, 0.05) is 17.8 Å². The molecule has 0 spiro atoms. The maximum absolute atomic E-state index is 13.6. The normalized spacial score (nSPS) is 10.5. The van der Waals surface area contributed by atoms with E-state index >= 15 is 0 Å². The molecule has 1 amide bonds. The summed E-state index contributed by atoms with van der Waals surface area (Å²) >= 11 is 0. The van der Waals surface area contributed by atoms with Crippen LogP contribution < -0.4 is 10.6 Å². The van der Waals surface area contributed by atoms with Gasteiger partial charge in [-0.15, -0.1) is 0 Å². The summed E-state index contributed by atoms with van der Waals surface area (Å²) in [6.07, 6.45) is 1.58. The van der Waals surface area contributed by atoms with Crippen molar-refractivity contribution in [1.82, 2.24) is 15.3 Å². The third kappa shape index (κ3) is 4.41. The number of anilines is 1. The Labute approximate surface area is 144 Å². The fraction of sp³-hybridized carbons (Fsp3) is 0.167. The van der Waals surface area contributed by atoms with Gasteiger partial charge in [0.2, 0.25) is 5.95 Å². The van der Waals surface area contributed by atoms with E-state index in [-0.39, 0.29) is 18.1 Å². The number of furan rings is 1. The smallest absolute Gasteiger partial charge is 0.270 e. The van der Waals surface area contributed by atoms with Gasteiger partial charge < -0.3 is 15.1 Å². The number of aromatic nitrogens is 2. The van der Waals surface area contributed by atoms with Gasteiger partial charge in [-0.25, -0.2) is 14.4 Å². The summed E-state index contributed by atoms with van der Waals surface area (Å²) in [5, 5.41) is 5.67. The van der Waals surface area contributed by atoms with Crippen LogP contribution in [0.2, 0.25) is 0 Å². The van der Waals surface area contributed by atoms with Crippen molar-refractivity contribution in [1.29, 1.82) is 0 Å². The molecule has 0 unspecified atom stereocenters. The molecule has 2 aromatic heterocycles. The van der Waals surface area contributed by atoms with Crippen LogP contribution in [0.3, 0.4) is 0 Å². The molecule has 0 saturated heterocycles. The monoisotopic (exact) mass is 340 g/mol. The van der Waals surface area contributed by atoms with E-state index in [4.69, 9.17) is 4.42 Å². The first-order valence-corrected chi connectivity index (χ1v) is 7.75. The lowest BCUT2D eigenvalue weighted by Gasteiger charge is -2.09. The van der Waals surface area contributed by atoms with Crippen molar-refractivity contribution >= 4 is 11.9 Å². The van der Waals surface area contributed by atoms with Gasteiger partial charge in [0.1, 0.15) is 17.3 Å². The molecule has 0 aliphatic carbocycles. The lowest BCUT2D eigenvalue weighted by Crippen LogP contribution is -2.25. The van der Waals surface area contributed by atoms with E-state index in [0.717, 1.165) is 5.76 Å². The van der Waals surface area contributed by atoms with E-state index in [1.807, 2.05) is 6.07 Å². The highest BCUT2D eigenvalue weighted by atomic mass is 19.1. The summed E-state index contributed by atoms with van der Waals surface area (Å²) in [6.45, 7) is 2.27. The quantitative estimate of drug-likeness (QED) is 0.721. The second-order valence-electron chi connectivity index (χ2n) is 5.43. The van der Waals surface area contributed by atoms with Crippen molar-refractivity contribution in [3.63, 3.8) is 0 Å². The molecule has 0 saturated carbocycles. The summed E-state index contributed by atoms with van der Waals surface area (Å²) in [5.41, 5.74) is 1.27. The highest BCUT2D eigenvalue weighted by molar-refractivity contribution is 5.92. The summed E-state index contributed by atoms with van der Waals surface area (Å²) in [5.74, 6) is 0.306. The van der Waals surface area contributed by atoms with Gasteiger partial charge in [-0.3, -0.25) is 4.79 Å². The number of carbonyl (C=O) groups excluding carboxylic acids is 1. The predicted molar refractivity (Wildman–Crippen MR) is 90.4 cm³/mol. The standard InChI is InChI=1S/C18H17FN4O2/c1-12-9-16(17(24)20-10-13-5-2-3-7-15(13)19)23-18(22-12)21-11-14-6-4-8-25-14/h2-9H,10-11H2,1H3,(H,20,24)(H,21,22,23). The first-order chi connectivity index (χ1) is 12.1. The highest BCUT2D eigenvalue weighted by Gasteiger charge is 2.11. The summed E-state index contributed by atoms with van der Waals surface area (Å²) in [4.78, 5) is 20.7. The van der Waals surface area contributed by atoms with Gasteiger partial charge in [-0.2, -0.15) is 0 Å². The van der Waals surface area contributed by atoms with E-state index in [9.17, 15) is 9.18 Å². The number of aryl methyl sites for hydroxylation is 1.